The van der Waals surface area contributed by atoms with Crippen LogP contribution >= 0.6 is 0 Å². The van der Waals surface area contributed by atoms with Gasteiger partial charge in [0.15, 0.2) is 0 Å². The fourth-order valence-electron chi connectivity index (χ4n) is 3.89. The first-order valence-electron chi connectivity index (χ1n) is 9.65. The number of urea groups is 1. The summed E-state index contributed by atoms with van der Waals surface area (Å²) in [6.07, 6.45) is 0.819. The van der Waals surface area contributed by atoms with E-state index >= 15 is 0 Å². The molecule has 0 radical (unpaired) electrons. The fraction of sp³-hybridized carbons (Fsp3) is 0.0870. The molecular formula is C23H19N5O2. The molecule has 0 atom stereocenters. The molecule has 1 aliphatic heterocycles. The number of fused-ring (bicyclic) bond motifs is 2. The fourth-order valence-corrected chi connectivity index (χ4v) is 3.89. The molecule has 1 aromatic heterocycles. The number of hydrogen-bond donors (Lipinski definition) is 2. The van der Waals surface area contributed by atoms with Crippen LogP contribution in [0.25, 0.3) is 22.0 Å². The number of hydrazine groups is 1. The minimum atomic E-state index is -0.277. The van der Waals surface area contributed by atoms with Crippen molar-refractivity contribution in [2.24, 2.45) is 5.84 Å². The molecule has 3 N–H and O–H groups in total. The van der Waals surface area contributed by atoms with Gasteiger partial charge in [0.25, 0.3) is 5.56 Å². The van der Waals surface area contributed by atoms with E-state index in [1.165, 1.54) is 0 Å². The van der Waals surface area contributed by atoms with Gasteiger partial charge < -0.3 is 0 Å². The molecule has 0 saturated carbocycles. The highest BCUT2D eigenvalue weighted by Crippen LogP contribution is 2.30. The first kappa shape index (κ1) is 18.1. The van der Waals surface area contributed by atoms with Crippen molar-refractivity contribution in [1.82, 2.24) is 10.2 Å². The lowest BCUT2D eigenvalue weighted by Gasteiger charge is -2.24. The van der Waals surface area contributed by atoms with Crippen LogP contribution in [0.5, 0.6) is 0 Å². The van der Waals surface area contributed by atoms with Gasteiger partial charge in [-0.05, 0) is 36.2 Å². The molecule has 7 nitrogen and oxygen atoms in total. The second-order valence-electron chi connectivity index (χ2n) is 7.18. The number of nitrogens with one attached hydrogen (secondary N) is 1. The average Bonchev–Trinajstić information content (AvgIpc) is 3.23. The normalized spacial score (nSPS) is 12.8. The van der Waals surface area contributed by atoms with E-state index in [-0.39, 0.29) is 11.6 Å². The van der Waals surface area contributed by atoms with Gasteiger partial charge in [-0.1, -0.05) is 48.5 Å². The summed E-state index contributed by atoms with van der Waals surface area (Å²) in [7, 11) is 0. The molecule has 30 heavy (non-hydrogen) atoms. The van der Waals surface area contributed by atoms with Crippen LogP contribution in [-0.2, 0) is 6.42 Å². The molecular weight excluding hydrogens is 378 g/mol. The van der Waals surface area contributed by atoms with Gasteiger partial charge >= 0.3 is 6.03 Å². The summed E-state index contributed by atoms with van der Waals surface area (Å²) in [6.45, 7) is 0.608. The number of para-hydroxylation sites is 1. The third kappa shape index (κ3) is 2.92. The monoisotopic (exact) mass is 397 g/mol. The van der Waals surface area contributed by atoms with Gasteiger partial charge in [0.2, 0.25) is 0 Å². The highest BCUT2D eigenvalue weighted by Gasteiger charge is 2.27. The van der Waals surface area contributed by atoms with Crippen LogP contribution < -0.4 is 21.3 Å². The molecule has 0 fully saturated rings. The van der Waals surface area contributed by atoms with Crippen LogP contribution in [0.4, 0.5) is 16.2 Å². The Morgan fingerprint density at radius 1 is 0.967 bits per heavy atom. The Balaban J connectivity index is 1.44. The van der Waals surface area contributed by atoms with Crippen molar-refractivity contribution in [2.45, 2.75) is 6.42 Å². The zero-order chi connectivity index (χ0) is 20.7. The Hall–Kier alpha value is -3.97. The second-order valence-corrected chi connectivity index (χ2v) is 7.18. The molecule has 2 heterocycles. The molecule has 3 aromatic carbocycles. The van der Waals surface area contributed by atoms with Gasteiger partial charge in [0, 0.05) is 23.2 Å². The van der Waals surface area contributed by atoms with Crippen LogP contribution in [0.1, 0.15) is 5.56 Å². The van der Waals surface area contributed by atoms with Crippen molar-refractivity contribution >= 4 is 28.2 Å². The molecule has 1 aliphatic rings. The van der Waals surface area contributed by atoms with E-state index in [1.807, 2.05) is 54.6 Å². The van der Waals surface area contributed by atoms with E-state index in [1.54, 1.807) is 23.1 Å². The minimum Gasteiger partial charge on any atom is -0.292 e. The van der Waals surface area contributed by atoms with E-state index in [0.717, 1.165) is 33.6 Å². The molecule has 0 saturated heterocycles. The molecule has 5 rings (SSSR count). The van der Waals surface area contributed by atoms with Crippen LogP contribution in [0.15, 0.2) is 77.6 Å². The van der Waals surface area contributed by atoms with Crippen LogP contribution in [0.3, 0.4) is 0 Å². The lowest BCUT2D eigenvalue weighted by Crippen LogP contribution is -2.47. The largest absolute Gasteiger partial charge is 0.343 e. The number of carbonyl (C=O) groups is 1. The molecule has 0 spiro atoms. The predicted octanol–water partition coefficient (Wildman–Crippen LogP) is 3.45. The zero-order valence-corrected chi connectivity index (χ0v) is 16.1. The van der Waals surface area contributed by atoms with Crippen LogP contribution in [0, 0.1) is 0 Å². The van der Waals surface area contributed by atoms with Crippen molar-refractivity contribution in [1.29, 1.82) is 0 Å². The van der Waals surface area contributed by atoms with Crippen molar-refractivity contribution in [3.63, 3.8) is 0 Å². The molecule has 0 aliphatic carbocycles. The number of H-pyrrole nitrogens is 1. The molecule has 0 bridgehead atoms. The van der Waals surface area contributed by atoms with Crippen molar-refractivity contribution < 1.29 is 4.79 Å². The van der Waals surface area contributed by atoms with Gasteiger partial charge in [0.1, 0.15) is 0 Å². The highest BCUT2D eigenvalue weighted by atomic mass is 16.2. The van der Waals surface area contributed by atoms with Crippen molar-refractivity contribution in [3.8, 4) is 11.3 Å². The summed E-state index contributed by atoms with van der Waals surface area (Å²) in [6, 6.07) is 22.1. The third-order valence-electron chi connectivity index (χ3n) is 5.44. The van der Waals surface area contributed by atoms with E-state index in [4.69, 9.17) is 5.84 Å². The van der Waals surface area contributed by atoms with E-state index in [0.29, 0.717) is 23.3 Å². The minimum absolute atomic E-state index is 0.226. The molecule has 0 unspecified atom stereocenters. The Kier molecular flexibility index (Phi) is 4.30. The molecule has 4 aromatic rings. The number of aromatic nitrogens is 2. The zero-order valence-electron chi connectivity index (χ0n) is 16.1. The number of amides is 2. The Morgan fingerprint density at radius 3 is 2.47 bits per heavy atom. The van der Waals surface area contributed by atoms with E-state index < -0.39 is 0 Å². The summed E-state index contributed by atoms with van der Waals surface area (Å²) in [5.74, 6) is 6.15. The first-order chi connectivity index (χ1) is 14.6. The maximum Gasteiger partial charge on any atom is 0.343 e. The second kappa shape index (κ2) is 7.13. The number of carbonyl (C=O) groups excluding carboxylic acids is 1. The Labute approximate surface area is 172 Å². The number of anilines is 2. The maximum atomic E-state index is 13.0. The quantitative estimate of drug-likeness (QED) is 0.308. The number of rotatable bonds is 2. The van der Waals surface area contributed by atoms with Gasteiger partial charge in [-0.25, -0.2) is 20.7 Å². The maximum absolute atomic E-state index is 13.0. The number of benzene rings is 3. The topological polar surface area (TPSA) is 95.3 Å². The van der Waals surface area contributed by atoms with Gasteiger partial charge in [0.05, 0.1) is 16.8 Å². The number of nitrogens with two attached hydrogens (primary N) is 1. The SMILES string of the molecule is NN(C(=O)N1CCc2ccccc21)c1ccc(-c2n[nH]c(=O)c3ccccc23)cc1. The summed E-state index contributed by atoms with van der Waals surface area (Å²) >= 11 is 0. The summed E-state index contributed by atoms with van der Waals surface area (Å²) < 4.78 is 0. The van der Waals surface area contributed by atoms with Crippen molar-refractivity contribution in [2.75, 3.05) is 16.5 Å². The first-order valence-corrected chi connectivity index (χ1v) is 9.65. The number of nitrogens with zero attached hydrogens (tertiary/aromatic N) is 3. The molecule has 148 valence electrons. The van der Waals surface area contributed by atoms with E-state index in [9.17, 15) is 9.59 Å². The van der Waals surface area contributed by atoms with E-state index in [2.05, 4.69) is 10.2 Å². The Bertz CT molecular complexity index is 1310. The summed E-state index contributed by atoms with van der Waals surface area (Å²) in [5.41, 5.74) is 3.88. The Morgan fingerprint density at radius 2 is 1.67 bits per heavy atom. The summed E-state index contributed by atoms with van der Waals surface area (Å²) in [5, 5.41) is 9.26. The number of aromatic amines is 1. The highest BCUT2D eigenvalue weighted by molar-refractivity contribution is 6.04. The lowest BCUT2D eigenvalue weighted by molar-refractivity contribution is 0.252. The molecule has 2 amide bonds. The van der Waals surface area contributed by atoms with Gasteiger partial charge in [-0.2, -0.15) is 5.10 Å². The van der Waals surface area contributed by atoms with Crippen LogP contribution in [0.2, 0.25) is 0 Å². The van der Waals surface area contributed by atoms with Crippen molar-refractivity contribution in [3.05, 3.63) is 88.7 Å². The predicted molar refractivity (Wildman–Crippen MR) is 117 cm³/mol. The third-order valence-corrected chi connectivity index (χ3v) is 5.44. The number of hydrogen-bond acceptors (Lipinski definition) is 4. The standard InChI is InChI=1S/C23H19N5O2/c24-28(23(30)27-14-13-15-5-1-4-8-20(15)27)17-11-9-16(10-12-17)21-18-6-2-3-7-19(18)22(29)26-25-21/h1-12H,13-14,24H2,(H,26,29). The van der Waals surface area contributed by atoms with Gasteiger partial charge in [-0.15, -0.1) is 0 Å². The lowest BCUT2D eigenvalue weighted by atomic mass is 10.0. The van der Waals surface area contributed by atoms with Gasteiger partial charge in [-0.3, -0.25) is 9.69 Å². The average molecular weight is 397 g/mol. The molecule has 7 heteroatoms. The van der Waals surface area contributed by atoms with Crippen LogP contribution in [-0.4, -0.2) is 22.8 Å². The summed E-state index contributed by atoms with van der Waals surface area (Å²) in [4.78, 5) is 26.7. The smallest absolute Gasteiger partial charge is 0.292 e.